The number of hydrogen-bond acceptors (Lipinski definition) is 7. The molecule has 0 spiro atoms. The van der Waals surface area contributed by atoms with E-state index in [2.05, 4.69) is 0 Å². The highest BCUT2D eigenvalue weighted by molar-refractivity contribution is 7.93. The van der Waals surface area contributed by atoms with E-state index < -0.39 is 20.5 Å². The molecule has 2 amide bonds. The lowest BCUT2D eigenvalue weighted by Crippen LogP contribution is -2.53. The lowest BCUT2D eigenvalue weighted by molar-refractivity contribution is -0.122. The number of carbonyl (C=O) groups is 2. The quantitative estimate of drug-likeness (QED) is 0.571. The highest BCUT2D eigenvalue weighted by atomic mass is 32.2. The molecule has 4 rings (SSSR count). The van der Waals surface area contributed by atoms with Gasteiger partial charge in [-0.3, -0.25) is 9.59 Å². The number of likely N-dealkylation sites (tertiary alicyclic amines) is 1. The van der Waals surface area contributed by atoms with Crippen molar-refractivity contribution in [3.63, 3.8) is 0 Å². The number of amides is 2. The normalized spacial score (nSPS) is 19.9. The van der Waals surface area contributed by atoms with E-state index in [9.17, 15) is 18.0 Å². The Bertz CT molecular complexity index is 1170. The fourth-order valence-electron chi connectivity index (χ4n) is 4.81. The monoisotopic (exact) mass is 516 g/mol. The van der Waals surface area contributed by atoms with Crippen LogP contribution in [0.2, 0.25) is 0 Å². The smallest absolute Gasteiger partial charge is 0.253 e. The number of sulfone groups is 1. The number of nitrogens with two attached hydrogens (primary N) is 1. The summed E-state index contributed by atoms with van der Waals surface area (Å²) in [6, 6.07) is 13.1. The topological polar surface area (TPSA) is 125 Å². The molecule has 1 unspecified atom stereocenters. The first kappa shape index (κ1) is 26.0. The van der Waals surface area contributed by atoms with Gasteiger partial charge in [-0.05, 0) is 74.2 Å². The molecule has 0 aliphatic carbocycles. The molecular formula is C26H32N2O7S. The highest BCUT2D eigenvalue weighted by Crippen LogP contribution is 2.35. The lowest BCUT2D eigenvalue weighted by atomic mass is 9.98. The number of hydrogen-bond donors (Lipinski definition) is 1. The standard InChI is InChI=1S/C26H32N2O7S/c1-33-21-6-4-20(5-7-21)24(29)28-14-2-3-19(17-28)18-35-22-8-10-23(11-9-22)36(31,32)26(25(27)30)12-15-34-16-13-26/h4-11,19H,2-3,12-18H2,1H3,(H2,27,30). The SMILES string of the molecule is COc1ccc(C(=O)N2CCCC(COc3ccc(S(=O)(=O)C4(C(N)=O)CCOCC4)cc3)C2)cc1. The molecule has 2 fully saturated rings. The molecule has 1 atom stereocenters. The number of piperidine rings is 1. The number of ether oxygens (including phenoxy) is 3. The van der Waals surface area contributed by atoms with Crippen LogP contribution in [0, 0.1) is 5.92 Å². The second-order valence-corrected chi connectivity index (χ2v) is 11.5. The van der Waals surface area contributed by atoms with Crippen LogP contribution in [0.5, 0.6) is 11.5 Å². The molecule has 2 N–H and O–H groups in total. The van der Waals surface area contributed by atoms with Crippen molar-refractivity contribution in [1.82, 2.24) is 4.90 Å². The minimum atomic E-state index is -3.98. The summed E-state index contributed by atoms with van der Waals surface area (Å²) < 4.78 is 41.2. The van der Waals surface area contributed by atoms with Crippen molar-refractivity contribution < 1.29 is 32.2 Å². The van der Waals surface area contributed by atoms with Crippen molar-refractivity contribution in [2.45, 2.75) is 35.3 Å². The molecule has 2 saturated heterocycles. The van der Waals surface area contributed by atoms with Gasteiger partial charge in [0.2, 0.25) is 5.91 Å². The van der Waals surface area contributed by atoms with Crippen molar-refractivity contribution in [2.24, 2.45) is 11.7 Å². The molecule has 2 aromatic carbocycles. The van der Waals surface area contributed by atoms with E-state index in [0.717, 1.165) is 12.8 Å². The van der Waals surface area contributed by atoms with Crippen LogP contribution in [0.25, 0.3) is 0 Å². The van der Waals surface area contributed by atoms with Crippen LogP contribution in [-0.2, 0) is 19.4 Å². The van der Waals surface area contributed by atoms with Crippen LogP contribution in [0.1, 0.15) is 36.0 Å². The number of benzene rings is 2. The number of rotatable bonds is 8. The van der Waals surface area contributed by atoms with Gasteiger partial charge in [0.05, 0.1) is 18.6 Å². The predicted octanol–water partition coefficient (Wildman–Crippen LogP) is 2.43. The number of methoxy groups -OCH3 is 1. The van der Waals surface area contributed by atoms with E-state index in [0.29, 0.717) is 36.8 Å². The second kappa shape index (κ2) is 10.9. The molecule has 36 heavy (non-hydrogen) atoms. The molecule has 2 heterocycles. The molecule has 0 aromatic heterocycles. The summed E-state index contributed by atoms with van der Waals surface area (Å²) in [5.41, 5.74) is 6.15. The third-order valence-corrected chi connectivity index (χ3v) is 9.56. The molecular weight excluding hydrogens is 484 g/mol. The summed E-state index contributed by atoms with van der Waals surface area (Å²) in [5, 5.41) is 0. The third kappa shape index (κ3) is 5.19. The average Bonchev–Trinajstić information content (AvgIpc) is 2.92. The Morgan fingerprint density at radius 2 is 1.69 bits per heavy atom. The van der Waals surface area contributed by atoms with E-state index in [1.54, 1.807) is 43.5 Å². The van der Waals surface area contributed by atoms with Gasteiger partial charge >= 0.3 is 0 Å². The summed E-state index contributed by atoms with van der Waals surface area (Å²) in [4.78, 5) is 26.9. The van der Waals surface area contributed by atoms with E-state index in [-0.39, 0.29) is 42.8 Å². The summed E-state index contributed by atoms with van der Waals surface area (Å²) in [6.45, 7) is 2.02. The molecule has 0 bridgehead atoms. The van der Waals surface area contributed by atoms with Gasteiger partial charge in [0.15, 0.2) is 14.6 Å². The Labute approximate surface area is 211 Å². The second-order valence-electron chi connectivity index (χ2n) is 9.24. The molecule has 0 radical (unpaired) electrons. The van der Waals surface area contributed by atoms with Crippen molar-refractivity contribution in [2.75, 3.05) is 40.0 Å². The first-order valence-corrected chi connectivity index (χ1v) is 13.5. The molecule has 0 saturated carbocycles. The summed E-state index contributed by atoms with van der Waals surface area (Å²) >= 11 is 0. The zero-order valence-corrected chi connectivity index (χ0v) is 21.2. The Balaban J connectivity index is 1.37. The van der Waals surface area contributed by atoms with E-state index >= 15 is 0 Å². The summed E-state index contributed by atoms with van der Waals surface area (Å²) in [6.07, 6.45) is 1.89. The zero-order valence-electron chi connectivity index (χ0n) is 20.4. The summed E-state index contributed by atoms with van der Waals surface area (Å²) in [5.74, 6) is 0.510. The maximum Gasteiger partial charge on any atom is 0.253 e. The molecule has 2 aliphatic heterocycles. The van der Waals surface area contributed by atoms with Gasteiger partial charge in [-0.15, -0.1) is 0 Å². The van der Waals surface area contributed by atoms with Crippen molar-refractivity contribution in [3.05, 3.63) is 54.1 Å². The first-order chi connectivity index (χ1) is 17.3. The molecule has 2 aromatic rings. The van der Waals surface area contributed by atoms with Crippen molar-refractivity contribution in [1.29, 1.82) is 0 Å². The first-order valence-electron chi connectivity index (χ1n) is 12.1. The fraction of sp³-hybridized carbons (Fsp3) is 0.462. The largest absolute Gasteiger partial charge is 0.497 e. The number of nitrogens with zero attached hydrogens (tertiary/aromatic N) is 1. The Morgan fingerprint density at radius 3 is 2.31 bits per heavy atom. The van der Waals surface area contributed by atoms with Crippen LogP contribution >= 0.6 is 0 Å². The summed E-state index contributed by atoms with van der Waals surface area (Å²) in [7, 11) is -2.40. The molecule has 10 heteroatoms. The highest BCUT2D eigenvalue weighted by Gasteiger charge is 2.51. The maximum absolute atomic E-state index is 13.3. The van der Waals surface area contributed by atoms with Gasteiger partial charge in [0.25, 0.3) is 5.91 Å². The fourth-order valence-corrected chi connectivity index (χ4v) is 6.72. The van der Waals surface area contributed by atoms with Crippen molar-refractivity contribution in [3.8, 4) is 11.5 Å². The minimum Gasteiger partial charge on any atom is -0.497 e. The third-order valence-electron chi connectivity index (χ3n) is 7.03. The van der Waals surface area contributed by atoms with Crippen LogP contribution < -0.4 is 15.2 Å². The van der Waals surface area contributed by atoms with Crippen LogP contribution in [0.15, 0.2) is 53.4 Å². The lowest BCUT2D eigenvalue weighted by Gasteiger charge is -2.33. The Kier molecular flexibility index (Phi) is 7.85. The zero-order chi connectivity index (χ0) is 25.8. The number of primary amides is 1. The van der Waals surface area contributed by atoms with Gasteiger partial charge in [-0.1, -0.05) is 0 Å². The van der Waals surface area contributed by atoms with Crippen LogP contribution in [0.4, 0.5) is 0 Å². The van der Waals surface area contributed by atoms with Gasteiger partial charge in [-0.25, -0.2) is 8.42 Å². The number of carbonyl (C=O) groups excluding carboxylic acids is 2. The van der Waals surface area contributed by atoms with E-state index in [4.69, 9.17) is 19.9 Å². The minimum absolute atomic E-state index is 0.0200. The van der Waals surface area contributed by atoms with Gasteiger partial charge in [0, 0.05) is 37.8 Å². The Hall–Kier alpha value is -3.11. The van der Waals surface area contributed by atoms with Crippen LogP contribution in [-0.4, -0.2) is 69.9 Å². The maximum atomic E-state index is 13.3. The van der Waals surface area contributed by atoms with Crippen molar-refractivity contribution >= 4 is 21.7 Å². The Morgan fingerprint density at radius 1 is 1.06 bits per heavy atom. The predicted molar refractivity (Wildman–Crippen MR) is 133 cm³/mol. The molecule has 9 nitrogen and oxygen atoms in total. The van der Waals surface area contributed by atoms with E-state index in [1.807, 2.05) is 4.90 Å². The molecule has 2 aliphatic rings. The van der Waals surface area contributed by atoms with Gasteiger partial charge < -0.3 is 24.8 Å². The van der Waals surface area contributed by atoms with Crippen LogP contribution in [0.3, 0.4) is 0 Å². The van der Waals surface area contributed by atoms with Gasteiger partial charge in [0.1, 0.15) is 11.5 Å². The van der Waals surface area contributed by atoms with Gasteiger partial charge in [-0.2, -0.15) is 0 Å². The van der Waals surface area contributed by atoms with E-state index in [1.165, 1.54) is 12.1 Å². The molecule has 194 valence electrons. The average molecular weight is 517 g/mol.